The highest BCUT2D eigenvalue weighted by Gasteiger charge is 2.61. The van der Waals surface area contributed by atoms with Crippen LogP contribution in [0.4, 0.5) is 0 Å². The molecule has 3 aromatic rings. The number of hydrogen-bond donors (Lipinski definition) is 0. The molecule has 12 rings (SSSR count). The van der Waals surface area contributed by atoms with Crippen LogP contribution in [0.1, 0.15) is 237 Å². The predicted octanol–water partition coefficient (Wildman–Crippen LogP) is 17.0. The van der Waals surface area contributed by atoms with Gasteiger partial charge in [0.15, 0.2) is 0 Å². The van der Waals surface area contributed by atoms with Crippen molar-refractivity contribution in [2.24, 2.45) is 63.6 Å². The third-order valence-electron chi connectivity index (χ3n) is 21.5. The van der Waals surface area contributed by atoms with E-state index >= 15 is 0 Å². The van der Waals surface area contributed by atoms with Gasteiger partial charge in [-0.2, -0.15) is 0 Å². The van der Waals surface area contributed by atoms with Crippen LogP contribution >= 0.6 is 0 Å². The number of hydrogen-bond acceptors (Lipinski definition) is 6. The van der Waals surface area contributed by atoms with Crippen LogP contribution in [0.15, 0.2) is 48.5 Å². The van der Waals surface area contributed by atoms with Crippen molar-refractivity contribution in [2.75, 3.05) is 39.6 Å². The predicted molar refractivity (Wildman–Crippen MR) is 312 cm³/mol. The minimum absolute atomic E-state index is 0.0180. The third-order valence-corrected chi connectivity index (χ3v) is 21.5. The second kappa shape index (κ2) is 19.6. The molecule has 3 aliphatic heterocycles. The Balaban J connectivity index is 0.861. The summed E-state index contributed by atoms with van der Waals surface area (Å²) in [5.41, 5.74) is 11.7. The molecule has 0 N–H and O–H groups in total. The van der Waals surface area contributed by atoms with Crippen molar-refractivity contribution in [3.05, 3.63) is 87.5 Å². The van der Waals surface area contributed by atoms with Gasteiger partial charge in [-0.1, -0.05) is 128 Å². The van der Waals surface area contributed by atoms with Crippen LogP contribution in [0, 0.1) is 63.6 Å². The van der Waals surface area contributed by atoms with Gasteiger partial charge in [-0.3, -0.25) is 0 Å². The van der Waals surface area contributed by atoms with Crippen LogP contribution in [0.25, 0.3) is 0 Å². The number of epoxide rings is 3. The normalized spacial score (nSPS) is 34.1. The molecule has 3 heterocycles. The van der Waals surface area contributed by atoms with E-state index in [1.54, 1.807) is 22.3 Å². The Bertz CT molecular complexity index is 2640. The molecule has 6 nitrogen and oxygen atoms in total. The lowest BCUT2D eigenvalue weighted by atomic mass is 9.64. The van der Waals surface area contributed by atoms with Gasteiger partial charge in [0.2, 0.25) is 0 Å². The van der Waals surface area contributed by atoms with Gasteiger partial charge in [-0.15, -0.1) is 0 Å². The maximum absolute atomic E-state index is 7.21. The average molecular weight is 1050 g/mol. The van der Waals surface area contributed by atoms with E-state index in [0.717, 1.165) is 86.1 Å². The Morgan fingerprint density at radius 2 is 0.857 bits per heavy atom. The Kier molecular flexibility index (Phi) is 13.8. The van der Waals surface area contributed by atoms with E-state index in [-0.39, 0.29) is 50.8 Å². The topological polar surface area (TPSA) is 65.3 Å². The van der Waals surface area contributed by atoms with Crippen LogP contribution in [0.2, 0.25) is 0 Å². The summed E-state index contributed by atoms with van der Waals surface area (Å²) in [5.74, 6) is 11.4. The molecule has 15 unspecified atom stereocenters. The van der Waals surface area contributed by atoms with Crippen LogP contribution in [-0.2, 0) is 30.5 Å². The summed E-state index contributed by atoms with van der Waals surface area (Å²) < 4.78 is 37.5. The van der Waals surface area contributed by atoms with E-state index in [1.165, 1.54) is 73.8 Å². The molecule has 6 aliphatic carbocycles. The Morgan fingerprint density at radius 3 is 1.36 bits per heavy atom. The maximum Gasteiger partial charge on any atom is 0.123 e. The SMILES string of the molecule is CC(C)(C)CC(C)(C)c1ccc(OCC2CO2)c(C2CC3CC2C2CCC(c4cc(OCC5CO5)c(C5CC6CC5C5CCC(c7cc(OCC8CO8)ccc7C(C)(C)CC(C)(C)C)C65)cc4C(C)(C)CC(C)(C)C)C32)c1. The highest BCUT2D eigenvalue weighted by Crippen LogP contribution is 2.71. The molecule has 77 heavy (non-hydrogen) atoms. The van der Waals surface area contributed by atoms with E-state index < -0.39 is 0 Å². The van der Waals surface area contributed by atoms with Crippen LogP contribution in [0.3, 0.4) is 0 Å². The second-order valence-electron chi connectivity index (χ2n) is 33.0. The fraction of sp³-hybridized carbons (Fsp3) is 0.746. The minimum Gasteiger partial charge on any atom is -0.491 e. The van der Waals surface area contributed by atoms with Crippen molar-refractivity contribution in [1.82, 2.24) is 0 Å². The first-order chi connectivity index (χ1) is 36.2. The summed E-state index contributed by atoms with van der Waals surface area (Å²) >= 11 is 0. The van der Waals surface area contributed by atoms with Crippen molar-refractivity contribution in [3.8, 4) is 17.2 Å². The largest absolute Gasteiger partial charge is 0.491 e. The van der Waals surface area contributed by atoms with Crippen molar-refractivity contribution in [1.29, 1.82) is 0 Å². The average Bonchev–Trinajstić information content (AvgIpc) is 4.36. The molecule has 9 aliphatic rings. The Morgan fingerprint density at radius 1 is 0.403 bits per heavy atom. The summed E-state index contributed by atoms with van der Waals surface area (Å²) in [7, 11) is 0. The van der Waals surface area contributed by atoms with Crippen LogP contribution in [-0.4, -0.2) is 58.0 Å². The minimum atomic E-state index is 0.0180. The molecule has 6 heteroatoms. The third kappa shape index (κ3) is 11.2. The van der Waals surface area contributed by atoms with Gasteiger partial charge >= 0.3 is 0 Å². The fourth-order valence-electron chi connectivity index (χ4n) is 19.9. The van der Waals surface area contributed by atoms with Gasteiger partial charge in [0, 0.05) is 0 Å². The lowest BCUT2D eigenvalue weighted by molar-refractivity contribution is 0.206. The maximum atomic E-state index is 7.21. The molecule has 0 radical (unpaired) electrons. The van der Waals surface area contributed by atoms with E-state index in [4.69, 9.17) is 28.4 Å². The number of ether oxygens (including phenoxy) is 6. The second-order valence-corrected chi connectivity index (χ2v) is 33.0. The summed E-state index contributed by atoms with van der Waals surface area (Å²) in [5, 5.41) is 0. The fourth-order valence-corrected chi connectivity index (χ4v) is 19.9. The first-order valence-corrected chi connectivity index (χ1v) is 31.4. The van der Waals surface area contributed by atoms with E-state index in [9.17, 15) is 0 Å². The zero-order valence-electron chi connectivity index (χ0n) is 50.7. The molecule has 422 valence electrons. The van der Waals surface area contributed by atoms with E-state index in [1.807, 2.05) is 0 Å². The highest BCUT2D eigenvalue weighted by atomic mass is 16.6. The first-order valence-electron chi connectivity index (χ1n) is 31.4. The molecule has 15 atom stereocenters. The molecule has 3 saturated heterocycles. The molecule has 0 aromatic heterocycles. The molecular weight excluding hydrogens is 949 g/mol. The van der Waals surface area contributed by atoms with Crippen molar-refractivity contribution in [2.45, 2.75) is 233 Å². The molecular formula is C71H102O6. The van der Waals surface area contributed by atoms with Gasteiger partial charge in [0.25, 0.3) is 0 Å². The zero-order valence-corrected chi connectivity index (χ0v) is 50.7. The van der Waals surface area contributed by atoms with Gasteiger partial charge < -0.3 is 28.4 Å². The first kappa shape index (κ1) is 54.5. The highest BCUT2D eigenvalue weighted by molar-refractivity contribution is 5.52. The van der Waals surface area contributed by atoms with E-state index in [0.29, 0.717) is 55.3 Å². The van der Waals surface area contributed by atoms with Crippen molar-refractivity contribution in [3.63, 3.8) is 0 Å². The summed E-state index contributed by atoms with van der Waals surface area (Å²) in [4.78, 5) is 0. The molecule has 3 aromatic carbocycles. The monoisotopic (exact) mass is 1050 g/mol. The van der Waals surface area contributed by atoms with Crippen molar-refractivity contribution >= 4 is 0 Å². The standard InChI is InChI=1S/C71H102O6/c1-66(2,3)38-69(10,11)43-16-23-62(76-36-46-34-74-46)58(28-43)54-26-41-24-52(54)48-19-21-51(65(41)48)57-31-63(77-37-47-35-75-47)59(30-61(57)71(14,15)40-68(7,8)9)55-27-42-25-53(55)49-18-20-50(64(42)49)56-29-44(72-32-45-33-73-45)17-22-60(56)70(12,13)39-67(4,5)6/h16-17,22-23,28-31,41-42,45-55,64-65H,18-21,24-27,32-40H2,1-15H3. The molecule has 9 fully saturated rings. The lowest BCUT2D eigenvalue weighted by Gasteiger charge is -2.41. The summed E-state index contributed by atoms with van der Waals surface area (Å²) in [6.07, 6.45) is 14.7. The van der Waals surface area contributed by atoms with Crippen molar-refractivity contribution < 1.29 is 28.4 Å². The molecule has 4 bridgehead atoms. The molecule has 0 amide bonds. The molecule has 6 saturated carbocycles. The van der Waals surface area contributed by atoms with Gasteiger partial charge in [0.05, 0.1) is 19.8 Å². The van der Waals surface area contributed by atoms with Gasteiger partial charge in [-0.05, 0) is 237 Å². The van der Waals surface area contributed by atoms with Crippen LogP contribution < -0.4 is 14.2 Å². The smallest absolute Gasteiger partial charge is 0.123 e. The Hall–Kier alpha value is -3.06. The number of benzene rings is 3. The number of fused-ring (bicyclic) bond motifs is 10. The summed E-state index contributed by atoms with van der Waals surface area (Å²) in [6.45, 7) is 41.4. The number of rotatable bonds is 19. The van der Waals surface area contributed by atoms with Crippen LogP contribution in [0.5, 0.6) is 17.2 Å². The lowest BCUT2D eigenvalue weighted by Crippen LogP contribution is -2.31. The molecule has 0 spiro atoms. The Labute approximate surface area is 467 Å². The quantitative estimate of drug-likeness (QED) is 0.111. The van der Waals surface area contributed by atoms with E-state index in [2.05, 4.69) is 152 Å². The zero-order chi connectivity index (χ0) is 54.4. The summed E-state index contributed by atoms with van der Waals surface area (Å²) in [6, 6.07) is 20.0. The van der Waals surface area contributed by atoms with Gasteiger partial charge in [0.1, 0.15) is 55.4 Å². The van der Waals surface area contributed by atoms with Gasteiger partial charge in [-0.25, -0.2) is 0 Å².